The molecule has 0 amide bonds. The highest BCUT2D eigenvalue weighted by atomic mass is 15.2. The van der Waals surface area contributed by atoms with Gasteiger partial charge in [0.2, 0.25) is 0 Å². The lowest BCUT2D eigenvalue weighted by molar-refractivity contribution is 0.482. The van der Waals surface area contributed by atoms with E-state index in [2.05, 4.69) is 43.5 Å². The maximum atomic E-state index is 5.61. The van der Waals surface area contributed by atoms with Crippen LogP contribution in [-0.4, -0.2) is 0 Å². The van der Waals surface area contributed by atoms with Crippen LogP contribution < -0.4 is 11.3 Å². The van der Waals surface area contributed by atoms with E-state index in [0.29, 0.717) is 6.04 Å². The Labute approximate surface area is 99.2 Å². The Hall–Kier alpha value is -0.860. The number of hydrazine groups is 1. The zero-order valence-corrected chi connectivity index (χ0v) is 10.5. The molecule has 0 fully saturated rings. The molecule has 2 nitrogen and oxygen atoms in total. The fourth-order valence-electron chi connectivity index (χ4n) is 1.92. The molecule has 90 valence electrons. The van der Waals surface area contributed by atoms with Gasteiger partial charge in [0.1, 0.15) is 0 Å². The van der Waals surface area contributed by atoms with Gasteiger partial charge in [0.25, 0.3) is 0 Å². The van der Waals surface area contributed by atoms with Crippen molar-refractivity contribution in [1.82, 2.24) is 5.43 Å². The van der Waals surface area contributed by atoms with Gasteiger partial charge in [-0.3, -0.25) is 11.3 Å². The van der Waals surface area contributed by atoms with Crippen LogP contribution in [0.3, 0.4) is 0 Å². The van der Waals surface area contributed by atoms with Crippen LogP contribution in [0.25, 0.3) is 0 Å². The quantitative estimate of drug-likeness (QED) is 0.419. The second-order valence-corrected chi connectivity index (χ2v) is 4.48. The third kappa shape index (κ3) is 4.33. The van der Waals surface area contributed by atoms with Crippen molar-refractivity contribution in [2.24, 2.45) is 5.84 Å². The summed E-state index contributed by atoms with van der Waals surface area (Å²) in [5, 5.41) is 0. The Morgan fingerprint density at radius 2 is 1.81 bits per heavy atom. The van der Waals surface area contributed by atoms with Gasteiger partial charge in [0.15, 0.2) is 0 Å². The van der Waals surface area contributed by atoms with Gasteiger partial charge in [-0.05, 0) is 18.9 Å². The molecule has 0 heterocycles. The second kappa shape index (κ2) is 7.42. The van der Waals surface area contributed by atoms with E-state index in [1.54, 1.807) is 0 Å². The lowest BCUT2D eigenvalue weighted by Gasteiger charge is -2.16. The molecule has 0 aliphatic carbocycles. The molecule has 0 spiro atoms. The third-order valence-electron chi connectivity index (χ3n) is 3.03. The Balaban J connectivity index is 2.44. The number of hydrogen-bond acceptors (Lipinski definition) is 2. The van der Waals surface area contributed by atoms with E-state index in [1.165, 1.54) is 36.8 Å². The topological polar surface area (TPSA) is 38.0 Å². The maximum absolute atomic E-state index is 5.61. The lowest BCUT2D eigenvalue weighted by Crippen LogP contribution is -2.27. The highest BCUT2D eigenvalue weighted by Gasteiger charge is 2.08. The van der Waals surface area contributed by atoms with E-state index in [1.807, 2.05) is 0 Å². The number of rotatable bonds is 7. The predicted molar refractivity (Wildman–Crippen MR) is 70.0 cm³/mol. The average Bonchev–Trinajstić information content (AvgIpc) is 2.31. The molecule has 0 saturated carbocycles. The van der Waals surface area contributed by atoms with Gasteiger partial charge in [0.05, 0.1) is 0 Å². The van der Waals surface area contributed by atoms with Crippen LogP contribution in [0.5, 0.6) is 0 Å². The van der Waals surface area contributed by atoms with E-state index < -0.39 is 0 Å². The van der Waals surface area contributed by atoms with Crippen LogP contribution in [0.4, 0.5) is 0 Å². The Bertz CT molecular complexity index is 279. The Kier molecular flexibility index (Phi) is 6.12. The molecule has 16 heavy (non-hydrogen) atoms. The minimum atomic E-state index is 0.303. The summed E-state index contributed by atoms with van der Waals surface area (Å²) in [4.78, 5) is 0. The molecular weight excluding hydrogens is 196 g/mol. The van der Waals surface area contributed by atoms with Gasteiger partial charge < -0.3 is 0 Å². The number of nitrogens with one attached hydrogen (secondary N) is 1. The van der Waals surface area contributed by atoms with Crippen molar-refractivity contribution in [3.8, 4) is 0 Å². The summed E-state index contributed by atoms with van der Waals surface area (Å²) in [6.07, 6.45) is 6.28. The van der Waals surface area contributed by atoms with Crippen molar-refractivity contribution >= 4 is 0 Å². The monoisotopic (exact) mass is 220 g/mol. The molecular formula is C14H24N2. The van der Waals surface area contributed by atoms with Crippen molar-refractivity contribution in [3.63, 3.8) is 0 Å². The van der Waals surface area contributed by atoms with Gasteiger partial charge in [-0.2, -0.15) is 0 Å². The summed E-state index contributed by atoms with van der Waals surface area (Å²) >= 11 is 0. The number of unbranched alkanes of at least 4 members (excludes halogenated alkanes) is 3. The molecule has 0 saturated heterocycles. The second-order valence-electron chi connectivity index (χ2n) is 4.48. The first kappa shape index (κ1) is 13.2. The molecule has 2 heteroatoms. The molecule has 1 aromatic carbocycles. The fourth-order valence-corrected chi connectivity index (χ4v) is 1.92. The molecule has 0 aliphatic heterocycles. The molecule has 1 aromatic rings. The summed E-state index contributed by atoms with van der Waals surface area (Å²) in [7, 11) is 0. The number of hydrogen-bond donors (Lipinski definition) is 2. The van der Waals surface area contributed by atoms with Crippen molar-refractivity contribution in [1.29, 1.82) is 0 Å². The van der Waals surface area contributed by atoms with E-state index in [0.717, 1.165) is 6.42 Å². The van der Waals surface area contributed by atoms with E-state index in [4.69, 9.17) is 5.84 Å². The Morgan fingerprint density at radius 3 is 2.38 bits per heavy atom. The third-order valence-corrected chi connectivity index (χ3v) is 3.03. The average molecular weight is 220 g/mol. The van der Waals surface area contributed by atoms with Gasteiger partial charge in [-0.25, -0.2) is 0 Å². The van der Waals surface area contributed by atoms with Crippen LogP contribution >= 0.6 is 0 Å². The first-order valence-corrected chi connectivity index (χ1v) is 6.30. The molecule has 0 aromatic heterocycles. The van der Waals surface area contributed by atoms with E-state index >= 15 is 0 Å². The number of nitrogens with two attached hydrogens (primary N) is 1. The number of benzene rings is 1. The summed E-state index contributed by atoms with van der Waals surface area (Å²) in [5.41, 5.74) is 5.51. The first-order chi connectivity index (χ1) is 7.77. The summed E-state index contributed by atoms with van der Waals surface area (Å²) in [6.45, 7) is 4.34. The van der Waals surface area contributed by atoms with Crippen molar-refractivity contribution in [2.45, 2.75) is 52.0 Å². The van der Waals surface area contributed by atoms with Crippen LogP contribution in [0.1, 0.15) is 56.2 Å². The minimum absolute atomic E-state index is 0.303. The SMILES string of the molecule is CCCCCCC(NN)c1ccc(C)cc1. The molecule has 1 rings (SSSR count). The van der Waals surface area contributed by atoms with Gasteiger partial charge in [-0.1, -0.05) is 62.4 Å². The summed E-state index contributed by atoms with van der Waals surface area (Å²) < 4.78 is 0. The smallest absolute Gasteiger partial charge is 0.0460 e. The number of aryl methyl sites for hydroxylation is 1. The molecule has 3 N–H and O–H groups in total. The minimum Gasteiger partial charge on any atom is -0.271 e. The zero-order chi connectivity index (χ0) is 11.8. The molecule has 1 unspecified atom stereocenters. The highest BCUT2D eigenvalue weighted by Crippen LogP contribution is 2.19. The molecule has 0 radical (unpaired) electrons. The van der Waals surface area contributed by atoms with Gasteiger partial charge in [-0.15, -0.1) is 0 Å². The highest BCUT2D eigenvalue weighted by molar-refractivity contribution is 5.23. The molecule has 1 atom stereocenters. The van der Waals surface area contributed by atoms with Crippen LogP contribution in [0.2, 0.25) is 0 Å². The zero-order valence-electron chi connectivity index (χ0n) is 10.5. The van der Waals surface area contributed by atoms with Gasteiger partial charge in [0, 0.05) is 6.04 Å². The first-order valence-electron chi connectivity index (χ1n) is 6.30. The van der Waals surface area contributed by atoms with Crippen LogP contribution in [-0.2, 0) is 0 Å². The molecule has 0 aliphatic rings. The van der Waals surface area contributed by atoms with Gasteiger partial charge >= 0.3 is 0 Å². The molecule has 0 bridgehead atoms. The fraction of sp³-hybridized carbons (Fsp3) is 0.571. The van der Waals surface area contributed by atoms with Crippen molar-refractivity contribution in [3.05, 3.63) is 35.4 Å². The standard InChI is InChI=1S/C14H24N2/c1-3-4-5-6-7-14(16-15)13-10-8-12(2)9-11-13/h8-11,14,16H,3-7,15H2,1-2H3. The van der Waals surface area contributed by atoms with E-state index in [-0.39, 0.29) is 0 Å². The largest absolute Gasteiger partial charge is 0.271 e. The lowest BCUT2D eigenvalue weighted by atomic mass is 10.00. The summed E-state index contributed by atoms with van der Waals surface area (Å²) in [6, 6.07) is 8.93. The summed E-state index contributed by atoms with van der Waals surface area (Å²) in [5.74, 6) is 5.61. The predicted octanol–water partition coefficient (Wildman–Crippen LogP) is 3.47. The normalized spacial score (nSPS) is 12.7. The van der Waals surface area contributed by atoms with Crippen molar-refractivity contribution in [2.75, 3.05) is 0 Å². The Morgan fingerprint density at radius 1 is 1.12 bits per heavy atom. The van der Waals surface area contributed by atoms with Crippen molar-refractivity contribution < 1.29 is 0 Å². The maximum Gasteiger partial charge on any atom is 0.0460 e. The van der Waals surface area contributed by atoms with Crippen LogP contribution in [0, 0.1) is 6.92 Å². The van der Waals surface area contributed by atoms with Crippen LogP contribution in [0.15, 0.2) is 24.3 Å². The van der Waals surface area contributed by atoms with E-state index in [9.17, 15) is 0 Å².